The fraction of sp³-hybridized carbons (Fsp3) is 0.188. The number of carbonyl (C=O) groups excluding carboxylic acids is 1. The number of carbonyl (C=O) groups is 1. The maximum atomic E-state index is 12.6. The predicted molar refractivity (Wildman–Crippen MR) is 77.5 cm³/mol. The Kier molecular flexibility index (Phi) is 4.73. The summed E-state index contributed by atoms with van der Waals surface area (Å²) in [5, 5.41) is 0. The summed E-state index contributed by atoms with van der Waals surface area (Å²) < 4.78 is 37.8. The third kappa shape index (κ3) is 4.36. The highest BCUT2D eigenvalue weighted by Gasteiger charge is 2.30. The van der Waals surface area contributed by atoms with E-state index in [0.29, 0.717) is 16.9 Å². The molecule has 0 atom stereocenters. The van der Waals surface area contributed by atoms with Gasteiger partial charge in [-0.1, -0.05) is 30.3 Å². The van der Waals surface area contributed by atoms with E-state index in [9.17, 15) is 18.0 Å². The van der Waals surface area contributed by atoms with Crippen LogP contribution in [0.1, 0.15) is 28.4 Å². The first-order chi connectivity index (χ1) is 9.86. The van der Waals surface area contributed by atoms with Crippen molar-refractivity contribution in [2.75, 3.05) is 0 Å². The van der Waals surface area contributed by atoms with Crippen LogP contribution in [0.5, 0.6) is 0 Å². The van der Waals surface area contributed by atoms with Crippen molar-refractivity contribution in [3.05, 3.63) is 65.2 Å². The summed E-state index contributed by atoms with van der Waals surface area (Å²) in [7, 11) is 0. The SMILES string of the molecule is CC(=O)c1ccc(SCc2cccc(C(F)(F)F)c2)cc1. The first-order valence-corrected chi connectivity index (χ1v) is 7.25. The highest BCUT2D eigenvalue weighted by atomic mass is 32.2. The van der Waals surface area contributed by atoms with Crippen LogP contribution in [0.3, 0.4) is 0 Å². The van der Waals surface area contributed by atoms with Gasteiger partial charge in [0.25, 0.3) is 0 Å². The molecule has 0 aliphatic rings. The summed E-state index contributed by atoms with van der Waals surface area (Å²) in [6, 6.07) is 12.4. The Hall–Kier alpha value is -1.75. The van der Waals surface area contributed by atoms with E-state index in [0.717, 1.165) is 17.0 Å². The molecule has 5 heteroatoms. The van der Waals surface area contributed by atoms with E-state index in [-0.39, 0.29) is 5.78 Å². The predicted octanol–water partition coefficient (Wildman–Crippen LogP) is 5.20. The van der Waals surface area contributed by atoms with Gasteiger partial charge in [-0.15, -0.1) is 11.8 Å². The molecule has 0 saturated heterocycles. The number of thioether (sulfide) groups is 1. The topological polar surface area (TPSA) is 17.1 Å². The molecule has 2 aromatic carbocycles. The first kappa shape index (κ1) is 15.6. The second-order valence-corrected chi connectivity index (χ2v) is 5.62. The summed E-state index contributed by atoms with van der Waals surface area (Å²) >= 11 is 1.43. The van der Waals surface area contributed by atoms with E-state index in [1.807, 2.05) is 0 Å². The van der Waals surface area contributed by atoms with Crippen molar-refractivity contribution in [2.24, 2.45) is 0 Å². The minimum atomic E-state index is -4.32. The molecular weight excluding hydrogens is 297 g/mol. The Balaban J connectivity index is 2.04. The van der Waals surface area contributed by atoms with Gasteiger partial charge in [-0.05, 0) is 30.7 Å². The molecule has 2 aromatic rings. The fourth-order valence-corrected chi connectivity index (χ4v) is 2.63. The summed E-state index contributed by atoms with van der Waals surface area (Å²) in [5.74, 6) is 0.438. The van der Waals surface area contributed by atoms with Gasteiger partial charge in [0.05, 0.1) is 5.56 Å². The van der Waals surface area contributed by atoms with Crippen molar-refractivity contribution < 1.29 is 18.0 Å². The molecule has 2 rings (SSSR count). The first-order valence-electron chi connectivity index (χ1n) is 6.26. The fourth-order valence-electron chi connectivity index (χ4n) is 1.79. The van der Waals surface area contributed by atoms with E-state index in [2.05, 4.69) is 0 Å². The lowest BCUT2D eigenvalue weighted by molar-refractivity contribution is -0.137. The molecule has 0 aliphatic carbocycles. The Morgan fingerprint density at radius 2 is 1.76 bits per heavy atom. The Bertz CT molecular complexity index is 633. The molecule has 0 radical (unpaired) electrons. The third-order valence-electron chi connectivity index (χ3n) is 2.92. The van der Waals surface area contributed by atoms with Crippen LogP contribution in [0.15, 0.2) is 53.4 Å². The van der Waals surface area contributed by atoms with Gasteiger partial charge in [-0.3, -0.25) is 4.79 Å². The van der Waals surface area contributed by atoms with Crippen molar-refractivity contribution >= 4 is 17.5 Å². The van der Waals surface area contributed by atoms with Crippen molar-refractivity contribution in [3.8, 4) is 0 Å². The minimum absolute atomic E-state index is 0.00979. The van der Waals surface area contributed by atoms with Gasteiger partial charge in [-0.2, -0.15) is 13.2 Å². The molecule has 0 spiro atoms. The summed E-state index contributed by atoms with van der Waals surface area (Å²) in [6.07, 6.45) is -4.32. The van der Waals surface area contributed by atoms with Gasteiger partial charge in [0.15, 0.2) is 5.78 Å². The summed E-state index contributed by atoms with van der Waals surface area (Å²) in [5.41, 5.74) is 0.608. The second kappa shape index (κ2) is 6.35. The van der Waals surface area contributed by atoms with E-state index in [4.69, 9.17) is 0 Å². The van der Waals surface area contributed by atoms with Crippen molar-refractivity contribution in [1.29, 1.82) is 0 Å². The van der Waals surface area contributed by atoms with E-state index in [1.165, 1.54) is 24.8 Å². The smallest absolute Gasteiger partial charge is 0.295 e. The van der Waals surface area contributed by atoms with Gasteiger partial charge in [0.2, 0.25) is 0 Å². The van der Waals surface area contributed by atoms with Gasteiger partial charge >= 0.3 is 6.18 Å². The average Bonchev–Trinajstić information content (AvgIpc) is 2.45. The summed E-state index contributed by atoms with van der Waals surface area (Å²) in [4.78, 5) is 12.1. The molecule has 0 aromatic heterocycles. The number of hydrogen-bond acceptors (Lipinski definition) is 2. The van der Waals surface area contributed by atoms with Crippen molar-refractivity contribution in [3.63, 3.8) is 0 Å². The number of Topliss-reactive ketones (excluding diaryl/α,β-unsaturated/α-hetero) is 1. The number of rotatable bonds is 4. The molecule has 0 fully saturated rings. The number of benzene rings is 2. The van der Waals surface area contributed by atoms with Crippen LogP contribution in [0.25, 0.3) is 0 Å². The van der Waals surface area contributed by atoms with E-state index < -0.39 is 11.7 Å². The van der Waals surface area contributed by atoms with Gasteiger partial charge in [0, 0.05) is 16.2 Å². The lowest BCUT2D eigenvalue weighted by Crippen LogP contribution is -2.04. The van der Waals surface area contributed by atoms with Crippen LogP contribution in [0, 0.1) is 0 Å². The second-order valence-electron chi connectivity index (χ2n) is 4.57. The van der Waals surface area contributed by atoms with Gasteiger partial charge in [0.1, 0.15) is 0 Å². The largest absolute Gasteiger partial charge is 0.416 e. The van der Waals surface area contributed by atoms with E-state index >= 15 is 0 Å². The molecule has 0 saturated carbocycles. The van der Waals surface area contributed by atoms with Crippen LogP contribution < -0.4 is 0 Å². The minimum Gasteiger partial charge on any atom is -0.295 e. The Labute approximate surface area is 125 Å². The van der Waals surface area contributed by atoms with Crippen LogP contribution in [-0.2, 0) is 11.9 Å². The highest BCUT2D eigenvalue weighted by molar-refractivity contribution is 7.98. The molecular formula is C16H13F3OS. The van der Waals surface area contributed by atoms with Crippen LogP contribution in [0.4, 0.5) is 13.2 Å². The van der Waals surface area contributed by atoms with Crippen molar-refractivity contribution in [1.82, 2.24) is 0 Å². The standard InChI is InChI=1S/C16H13F3OS/c1-11(20)13-5-7-15(8-6-13)21-10-12-3-2-4-14(9-12)16(17,18)19/h2-9H,10H2,1H3. The molecule has 1 nitrogen and oxygen atoms in total. The summed E-state index contributed by atoms with van der Waals surface area (Å²) in [6.45, 7) is 1.49. The lowest BCUT2D eigenvalue weighted by atomic mass is 10.1. The number of ketones is 1. The van der Waals surface area contributed by atoms with Crippen molar-refractivity contribution in [2.45, 2.75) is 23.7 Å². The zero-order valence-corrected chi connectivity index (χ0v) is 12.1. The maximum Gasteiger partial charge on any atom is 0.416 e. The number of hydrogen-bond donors (Lipinski definition) is 0. The zero-order chi connectivity index (χ0) is 15.5. The number of halogens is 3. The molecule has 0 amide bonds. The maximum absolute atomic E-state index is 12.6. The van der Waals surface area contributed by atoms with Gasteiger partial charge in [-0.25, -0.2) is 0 Å². The normalized spacial score (nSPS) is 11.4. The molecule has 110 valence electrons. The molecule has 21 heavy (non-hydrogen) atoms. The van der Waals surface area contributed by atoms with Gasteiger partial charge < -0.3 is 0 Å². The average molecular weight is 310 g/mol. The molecule has 0 bridgehead atoms. The van der Waals surface area contributed by atoms with Crippen LogP contribution in [0.2, 0.25) is 0 Å². The monoisotopic (exact) mass is 310 g/mol. The Morgan fingerprint density at radius 3 is 2.33 bits per heavy atom. The molecule has 0 heterocycles. The van der Waals surface area contributed by atoms with Crippen LogP contribution >= 0.6 is 11.8 Å². The number of alkyl halides is 3. The van der Waals surface area contributed by atoms with E-state index in [1.54, 1.807) is 30.3 Å². The molecule has 0 unspecified atom stereocenters. The quantitative estimate of drug-likeness (QED) is 0.570. The van der Waals surface area contributed by atoms with Crippen LogP contribution in [-0.4, -0.2) is 5.78 Å². The molecule has 0 N–H and O–H groups in total. The lowest BCUT2D eigenvalue weighted by Gasteiger charge is -2.08. The Morgan fingerprint density at radius 1 is 1.10 bits per heavy atom. The molecule has 0 aliphatic heterocycles. The highest BCUT2D eigenvalue weighted by Crippen LogP contribution is 2.31. The zero-order valence-electron chi connectivity index (χ0n) is 11.3. The third-order valence-corrected chi connectivity index (χ3v) is 4.00.